The topological polar surface area (TPSA) is 18.5 Å². The first kappa shape index (κ1) is 13.8. The van der Waals surface area contributed by atoms with Crippen molar-refractivity contribution >= 4 is 0 Å². The minimum Gasteiger partial charge on any atom is -0.316 e. The normalized spacial score (nSPS) is 37.7. The van der Waals surface area contributed by atoms with E-state index in [4.69, 9.17) is 0 Å². The summed E-state index contributed by atoms with van der Waals surface area (Å²) in [5.41, 5.74) is 0.542. The zero-order valence-corrected chi connectivity index (χ0v) is 12.8. The molecular formula is C16H31N3. The summed E-state index contributed by atoms with van der Waals surface area (Å²) >= 11 is 0. The van der Waals surface area contributed by atoms with E-state index in [1.165, 1.54) is 71.5 Å². The molecule has 0 aromatic rings. The zero-order valence-electron chi connectivity index (χ0n) is 12.8. The summed E-state index contributed by atoms with van der Waals surface area (Å²) < 4.78 is 0. The van der Waals surface area contributed by atoms with Crippen molar-refractivity contribution in [1.29, 1.82) is 0 Å². The molecule has 0 aromatic heterocycles. The van der Waals surface area contributed by atoms with Crippen LogP contribution in [0.3, 0.4) is 0 Å². The molecule has 2 atom stereocenters. The fraction of sp³-hybridized carbons (Fsp3) is 1.00. The van der Waals surface area contributed by atoms with Crippen LogP contribution in [0.5, 0.6) is 0 Å². The highest BCUT2D eigenvalue weighted by Crippen LogP contribution is 2.36. The smallest absolute Gasteiger partial charge is 0.0235 e. The van der Waals surface area contributed by atoms with Crippen LogP contribution >= 0.6 is 0 Å². The van der Waals surface area contributed by atoms with Gasteiger partial charge in [-0.25, -0.2) is 0 Å². The molecule has 0 aromatic carbocycles. The van der Waals surface area contributed by atoms with Crippen LogP contribution < -0.4 is 5.32 Å². The molecule has 0 spiro atoms. The molecule has 3 fully saturated rings. The van der Waals surface area contributed by atoms with E-state index < -0.39 is 0 Å². The molecule has 3 heteroatoms. The van der Waals surface area contributed by atoms with Gasteiger partial charge in [-0.2, -0.15) is 0 Å². The molecule has 0 aliphatic carbocycles. The van der Waals surface area contributed by atoms with Gasteiger partial charge >= 0.3 is 0 Å². The van der Waals surface area contributed by atoms with Gasteiger partial charge in [-0.3, -0.25) is 4.90 Å². The third kappa shape index (κ3) is 2.84. The minimum absolute atomic E-state index is 0.542. The lowest BCUT2D eigenvalue weighted by Gasteiger charge is -2.37. The summed E-state index contributed by atoms with van der Waals surface area (Å²) in [5.74, 6) is 0.799. The SMILES string of the molecule is CC(C)C1(CN2CCC(N3CCCC3)C2)CCNC1. The highest BCUT2D eigenvalue weighted by molar-refractivity contribution is 4.95. The second-order valence-corrected chi connectivity index (χ2v) is 7.36. The molecule has 0 amide bonds. The summed E-state index contributed by atoms with van der Waals surface area (Å²) in [6, 6.07) is 0.862. The average Bonchev–Trinajstić information content (AvgIpc) is 3.10. The van der Waals surface area contributed by atoms with Gasteiger partial charge in [0.15, 0.2) is 0 Å². The van der Waals surface area contributed by atoms with Crippen molar-refractivity contribution in [2.45, 2.75) is 45.6 Å². The van der Waals surface area contributed by atoms with Crippen molar-refractivity contribution in [2.24, 2.45) is 11.3 Å². The lowest BCUT2D eigenvalue weighted by molar-refractivity contribution is 0.127. The fourth-order valence-electron chi connectivity index (χ4n) is 4.38. The van der Waals surface area contributed by atoms with Gasteiger partial charge < -0.3 is 10.2 Å². The number of hydrogen-bond donors (Lipinski definition) is 1. The predicted molar refractivity (Wildman–Crippen MR) is 80.4 cm³/mol. The number of likely N-dealkylation sites (tertiary alicyclic amines) is 2. The molecule has 0 radical (unpaired) electrons. The quantitative estimate of drug-likeness (QED) is 0.836. The number of nitrogens with zero attached hydrogens (tertiary/aromatic N) is 2. The molecule has 3 saturated heterocycles. The van der Waals surface area contributed by atoms with Gasteiger partial charge in [0, 0.05) is 25.7 Å². The van der Waals surface area contributed by atoms with Crippen LogP contribution in [0.15, 0.2) is 0 Å². The van der Waals surface area contributed by atoms with Gasteiger partial charge in [-0.15, -0.1) is 0 Å². The number of nitrogens with one attached hydrogen (secondary N) is 1. The van der Waals surface area contributed by atoms with Crippen LogP contribution in [0, 0.1) is 11.3 Å². The molecular weight excluding hydrogens is 234 g/mol. The standard InChI is InChI=1S/C16H31N3/c1-14(2)16(6-7-17-12-16)13-18-10-5-15(11-18)19-8-3-4-9-19/h14-15,17H,3-13H2,1-2H3. The molecule has 1 N–H and O–H groups in total. The van der Waals surface area contributed by atoms with Crippen molar-refractivity contribution in [3.8, 4) is 0 Å². The van der Waals surface area contributed by atoms with Crippen LogP contribution in [0.1, 0.15) is 39.5 Å². The number of rotatable bonds is 4. The Hall–Kier alpha value is -0.120. The van der Waals surface area contributed by atoms with Crippen LogP contribution in [0.25, 0.3) is 0 Å². The van der Waals surface area contributed by atoms with E-state index in [9.17, 15) is 0 Å². The van der Waals surface area contributed by atoms with Crippen molar-refractivity contribution in [3.63, 3.8) is 0 Å². The Kier molecular flexibility index (Phi) is 4.16. The maximum atomic E-state index is 3.60. The molecule has 0 saturated carbocycles. The maximum Gasteiger partial charge on any atom is 0.0235 e. The van der Waals surface area contributed by atoms with Gasteiger partial charge in [0.2, 0.25) is 0 Å². The minimum atomic E-state index is 0.542. The first-order valence-electron chi connectivity index (χ1n) is 8.37. The van der Waals surface area contributed by atoms with E-state index in [0.717, 1.165) is 12.0 Å². The Labute approximate surface area is 118 Å². The Bertz CT molecular complexity index is 290. The molecule has 19 heavy (non-hydrogen) atoms. The van der Waals surface area contributed by atoms with E-state index in [2.05, 4.69) is 29.0 Å². The predicted octanol–water partition coefficient (Wildman–Crippen LogP) is 1.79. The highest BCUT2D eigenvalue weighted by atomic mass is 15.3. The van der Waals surface area contributed by atoms with E-state index in [-0.39, 0.29) is 0 Å². The van der Waals surface area contributed by atoms with Gasteiger partial charge in [0.1, 0.15) is 0 Å². The van der Waals surface area contributed by atoms with E-state index in [1.54, 1.807) is 0 Å². The Balaban J connectivity index is 1.55. The van der Waals surface area contributed by atoms with Gasteiger partial charge in [0.25, 0.3) is 0 Å². The van der Waals surface area contributed by atoms with Crippen LogP contribution in [-0.2, 0) is 0 Å². The van der Waals surface area contributed by atoms with Gasteiger partial charge in [-0.05, 0) is 63.2 Å². The first-order valence-corrected chi connectivity index (χ1v) is 8.37. The van der Waals surface area contributed by atoms with Crippen molar-refractivity contribution in [1.82, 2.24) is 15.1 Å². The summed E-state index contributed by atoms with van der Waals surface area (Å²) in [6.07, 6.45) is 5.63. The lowest BCUT2D eigenvalue weighted by Crippen LogP contribution is -2.43. The van der Waals surface area contributed by atoms with Crippen LogP contribution in [0.4, 0.5) is 0 Å². The Morgan fingerprint density at radius 1 is 1.21 bits per heavy atom. The summed E-state index contributed by atoms with van der Waals surface area (Å²) in [7, 11) is 0. The highest BCUT2D eigenvalue weighted by Gasteiger charge is 2.40. The van der Waals surface area contributed by atoms with Gasteiger partial charge in [-0.1, -0.05) is 13.8 Å². The maximum absolute atomic E-state index is 3.60. The fourth-order valence-corrected chi connectivity index (χ4v) is 4.38. The van der Waals surface area contributed by atoms with Crippen LogP contribution in [0.2, 0.25) is 0 Å². The third-order valence-corrected chi connectivity index (χ3v) is 5.94. The molecule has 2 unspecified atom stereocenters. The zero-order chi connectivity index (χ0) is 13.3. The number of hydrogen-bond acceptors (Lipinski definition) is 3. The molecule has 3 heterocycles. The summed E-state index contributed by atoms with van der Waals surface area (Å²) in [6.45, 7) is 14.0. The molecule has 3 aliphatic rings. The van der Waals surface area contributed by atoms with Crippen LogP contribution in [-0.4, -0.2) is 61.7 Å². The van der Waals surface area contributed by atoms with E-state index in [1.807, 2.05) is 0 Å². The summed E-state index contributed by atoms with van der Waals surface area (Å²) in [5, 5.41) is 3.60. The van der Waals surface area contributed by atoms with E-state index in [0.29, 0.717) is 5.41 Å². The van der Waals surface area contributed by atoms with Gasteiger partial charge in [0.05, 0.1) is 0 Å². The molecule has 3 nitrogen and oxygen atoms in total. The lowest BCUT2D eigenvalue weighted by atomic mass is 9.76. The van der Waals surface area contributed by atoms with Crippen molar-refractivity contribution in [3.05, 3.63) is 0 Å². The van der Waals surface area contributed by atoms with Crippen molar-refractivity contribution < 1.29 is 0 Å². The first-order chi connectivity index (χ1) is 9.20. The monoisotopic (exact) mass is 265 g/mol. The average molecular weight is 265 g/mol. The second-order valence-electron chi connectivity index (χ2n) is 7.36. The largest absolute Gasteiger partial charge is 0.316 e. The second kappa shape index (κ2) is 5.71. The third-order valence-electron chi connectivity index (χ3n) is 5.94. The van der Waals surface area contributed by atoms with E-state index >= 15 is 0 Å². The molecule has 0 bridgehead atoms. The Morgan fingerprint density at radius 2 is 2.00 bits per heavy atom. The Morgan fingerprint density at radius 3 is 2.63 bits per heavy atom. The molecule has 110 valence electrons. The van der Waals surface area contributed by atoms with Crippen molar-refractivity contribution in [2.75, 3.05) is 45.8 Å². The molecule has 3 aliphatic heterocycles. The molecule has 3 rings (SSSR count). The summed E-state index contributed by atoms with van der Waals surface area (Å²) in [4.78, 5) is 5.50.